The Labute approximate surface area is 174 Å². The number of aryl methyl sites for hydroxylation is 1. The molecule has 0 aliphatic heterocycles. The molecule has 1 heterocycles. The highest BCUT2D eigenvalue weighted by Crippen LogP contribution is 2.20. The van der Waals surface area contributed by atoms with Crippen molar-refractivity contribution in [2.75, 3.05) is 20.2 Å². The van der Waals surface area contributed by atoms with Crippen molar-refractivity contribution >= 4 is 17.5 Å². The number of carbonyl (C=O) groups is 1. The number of halogens is 2. The van der Waals surface area contributed by atoms with Crippen molar-refractivity contribution in [1.29, 1.82) is 0 Å². The van der Waals surface area contributed by atoms with E-state index >= 15 is 0 Å². The van der Waals surface area contributed by atoms with Gasteiger partial charge >= 0.3 is 0 Å². The summed E-state index contributed by atoms with van der Waals surface area (Å²) in [6, 6.07) is 13.8. The molecular weight excluding hydrogens is 393 g/mol. The Morgan fingerprint density at radius 2 is 1.86 bits per heavy atom. The fraction of sp³-hybridized carbons (Fsp3) is 0.273. The van der Waals surface area contributed by atoms with Gasteiger partial charge in [-0.2, -0.15) is 5.10 Å². The zero-order valence-electron chi connectivity index (χ0n) is 16.7. The molecule has 0 fully saturated rings. The first-order chi connectivity index (χ1) is 13.9. The SMILES string of the molecule is Cc1nn(Cc2ccccc2Cl)c(C)c1C(=O)N(C)CCOc1ccccc1F. The zero-order chi connectivity index (χ0) is 21.0. The van der Waals surface area contributed by atoms with Crippen LogP contribution in [-0.4, -0.2) is 40.8 Å². The summed E-state index contributed by atoms with van der Waals surface area (Å²) >= 11 is 6.25. The molecule has 0 N–H and O–H groups in total. The minimum absolute atomic E-state index is 0.150. The van der Waals surface area contributed by atoms with Crippen LogP contribution in [0.25, 0.3) is 0 Å². The summed E-state index contributed by atoms with van der Waals surface area (Å²) in [7, 11) is 1.69. The van der Waals surface area contributed by atoms with E-state index < -0.39 is 5.82 Å². The molecule has 0 saturated carbocycles. The molecule has 3 aromatic rings. The second-order valence-corrected chi connectivity index (χ2v) is 7.21. The molecule has 0 aliphatic carbocycles. The number of carbonyl (C=O) groups excluding carboxylic acids is 1. The molecule has 29 heavy (non-hydrogen) atoms. The maximum absolute atomic E-state index is 13.6. The lowest BCUT2D eigenvalue weighted by molar-refractivity contribution is 0.0771. The largest absolute Gasteiger partial charge is 0.489 e. The van der Waals surface area contributed by atoms with Crippen LogP contribution in [-0.2, 0) is 6.54 Å². The van der Waals surface area contributed by atoms with Gasteiger partial charge in [0.05, 0.1) is 24.3 Å². The standard InChI is InChI=1S/C22H23ClFN3O2/c1-15-21(16(2)27(25-15)14-17-8-4-5-9-18(17)23)22(28)26(3)12-13-29-20-11-7-6-10-19(20)24/h4-11H,12-14H2,1-3H3. The van der Waals surface area contributed by atoms with Gasteiger partial charge in [0.15, 0.2) is 11.6 Å². The lowest BCUT2D eigenvalue weighted by Crippen LogP contribution is -2.31. The molecule has 5 nitrogen and oxygen atoms in total. The average Bonchev–Trinajstić information content (AvgIpc) is 2.97. The molecule has 1 aromatic heterocycles. The highest BCUT2D eigenvalue weighted by atomic mass is 35.5. The van der Waals surface area contributed by atoms with Gasteiger partial charge in [0.1, 0.15) is 6.61 Å². The number of para-hydroxylation sites is 1. The van der Waals surface area contributed by atoms with Crippen LogP contribution in [0.5, 0.6) is 5.75 Å². The van der Waals surface area contributed by atoms with E-state index in [9.17, 15) is 9.18 Å². The van der Waals surface area contributed by atoms with E-state index in [4.69, 9.17) is 16.3 Å². The maximum atomic E-state index is 13.6. The first-order valence-electron chi connectivity index (χ1n) is 9.28. The van der Waals surface area contributed by atoms with E-state index in [0.29, 0.717) is 29.4 Å². The highest BCUT2D eigenvalue weighted by molar-refractivity contribution is 6.31. The first kappa shape index (κ1) is 20.9. The number of rotatable bonds is 7. The smallest absolute Gasteiger partial charge is 0.257 e. The summed E-state index contributed by atoms with van der Waals surface area (Å²) in [6.07, 6.45) is 0. The molecule has 3 rings (SSSR count). The Hall–Kier alpha value is -2.86. The maximum Gasteiger partial charge on any atom is 0.257 e. The van der Waals surface area contributed by atoms with Crippen molar-refractivity contribution in [2.24, 2.45) is 0 Å². The van der Waals surface area contributed by atoms with Crippen molar-refractivity contribution in [2.45, 2.75) is 20.4 Å². The first-order valence-corrected chi connectivity index (χ1v) is 9.66. The molecule has 0 unspecified atom stereocenters. The monoisotopic (exact) mass is 415 g/mol. The van der Waals surface area contributed by atoms with Gasteiger partial charge in [-0.15, -0.1) is 0 Å². The number of amides is 1. The molecular formula is C22H23ClFN3O2. The molecule has 1 amide bonds. The number of hydrogen-bond acceptors (Lipinski definition) is 3. The van der Waals surface area contributed by atoms with Gasteiger partial charge in [0.25, 0.3) is 5.91 Å². The van der Waals surface area contributed by atoms with E-state index in [2.05, 4.69) is 5.10 Å². The molecule has 0 atom stereocenters. The number of benzene rings is 2. The molecule has 0 aliphatic rings. The molecule has 0 saturated heterocycles. The summed E-state index contributed by atoms with van der Waals surface area (Å²) < 4.78 is 20.9. The van der Waals surface area contributed by atoms with Crippen LogP contribution in [0, 0.1) is 19.7 Å². The van der Waals surface area contributed by atoms with Crippen LogP contribution in [0.2, 0.25) is 5.02 Å². The van der Waals surface area contributed by atoms with E-state index in [1.165, 1.54) is 6.07 Å². The van der Waals surface area contributed by atoms with E-state index in [1.807, 2.05) is 38.1 Å². The summed E-state index contributed by atoms with van der Waals surface area (Å²) in [5, 5.41) is 5.18. The lowest BCUT2D eigenvalue weighted by Gasteiger charge is -2.18. The number of likely N-dealkylation sites (N-methyl/N-ethyl adjacent to an activating group) is 1. The molecule has 2 aromatic carbocycles. The van der Waals surface area contributed by atoms with Gasteiger partial charge < -0.3 is 9.64 Å². The Morgan fingerprint density at radius 3 is 2.59 bits per heavy atom. The number of hydrogen-bond donors (Lipinski definition) is 0. The van der Waals surface area contributed by atoms with Gasteiger partial charge in [0.2, 0.25) is 0 Å². The average molecular weight is 416 g/mol. The Balaban J connectivity index is 1.68. The van der Waals surface area contributed by atoms with Crippen LogP contribution < -0.4 is 4.74 Å². The normalized spacial score (nSPS) is 10.8. The lowest BCUT2D eigenvalue weighted by atomic mass is 10.1. The quantitative estimate of drug-likeness (QED) is 0.571. The third-order valence-corrected chi connectivity index (χ3v) is 5.11. The van der Waals surface area contributed by atoms with Crippen LogP contribution in [0.15, 0.2) is 48.5 Å². The van der Waals surface area contributed by atoms with Crippen molar-refractivity contribution in [1.82, 2.24) is 14.7 Å². The molecule has 0 spiro atoms. The third-order valence-electron chi connectivity index (χ3n) is 4.74. The van der Waals surface area contributed by atoms with Gasteiger partial charge in [-0.25, -0.2) is 4.39 Å². The van der Waals surface area contributed by atoms with E-state index in [-0.39, 0.29) is 18.3 Å². The van der Waals surface area contributed by atoms with Crippen LogP contribution in [0.4, 0.5) is 4.39 Å². The number of ether oxygens (including phenoxy) is 1. The summed E-state index contributed by atoms with van der Waals surface area (Å²) in [5.74, 6) is -0.398. The zero-order valence-corrected chi connectivity index (χ0v) is 17.4. The van der Waals surface area contributed by atoms with E-state index in [1.54, 1.807) is 34.8 Å². The summed E-state index contributed by atoms with van der Waals surface area (Å²) in [5.41, 5.74) is 2.92. The molecule has 7 heteroatoms. The Bertz CT molecular complexity index is 1020. The second-order valence-electron chi connectivity index (χ2n) is 6.80. The van der Waals surface area contributed by atoms with Gasteiger partial charge in [-0.1, -0.05) is 41.9 Å². The van der Waals surface area contributed by atoms with Crippen LogP contribution >= 0.6 is 11.6 Å². The van der Waals surface area contributed by atoms with Gasteiger partial charge in [-0.3, -0.25) is 9.48 Å². The van der Waals surface area contributed by atoms with Gasteiger partial charge in [-0.05, 0) is 37.6 Å². The fourth-order valence-electron chi connectivity index (χ4n) is 3.10. The van der Waals surface area contributed by atoms with E-state index in [0.717, 1.165) is 11.3 Å². The minimum Gasteiger partial charge on any atom is -0.489 e. The van der Waals surface area contributed by atoms with Crippen molar-refractivity contribution < 1.29 is 13.9 Å². The predicted molar refractivity (Wildman–Crippen MR) is 111 cm³/mol. The molecule has 0 bridgehead atoms. The van der Waals surface area contributed by atoms with Crippen molar-refractivity contribution in [3.8, 4) is 5.75 Å². The fourth-order valence-corrected chi connectivity index (χ4v) is 3.29. The Morgan fingerprint density at radius 1 is 1.17 bits per heavy atom. The highest BCUT2D eigenvalue weighted by Gasteiger charge is 2.22. The second kappa shape index (κ2) is 9.09. The summed E-state index contributed by atoms with van der Waals surface area (Å²) in [6.45, 7) is 4.68. The van der Waals surface area contributed by atoms with Crippen molar-refractivity contribution in [3.05, 3.63) is 81.9 Å². The van der Waals surface area contributed by atoms with Gasteiger partial charge in [0, 0.05) is 17.8 Å². The number of nitrogens with zero attached hydrogens (tertiary/aromatic N) is 3. The van der Waals surface area contributed by atoms with Crippen LogP contribution in [0.3, 0.4) is 0 Å². The predicted octanol–water partition coefficient (Wildman–Crippen LogP) is 4.49. The number of aromatic nitrogens is 2. The molecule has 152 valence electrons. The minimum atomic E-state index is -0.422. The Kier molecular flexibility index (Phi) is 6.54. The summed E-state index contributed by atoms with van der Waals surface area (Å²) in [4.78, 5) is 14.5. The third kappa shape index (κ3) is 4.77. The molecule has 0 radical (unpaired) electrons. The van der Waals surface area contributed by atoms with Crippen LogP contribution in [0.1, 0.15) is 27.3 Å². The van der Waals surface area contributed by atoms with Crippen molar-refractivity contribution in [3.63, 3.8) is 0 Å². The topological polar surface area (TPSA) is 47.4 Å².